The van der Waals surface area contributed by atoms with Crippen LogP contribution in [0.2, 0.25) is 0 Å². The van der Waals surface area contributed by atoms with E-state index in [-0.39, 0.29) is 0 Å². The van der Waals surface area contributed by atoms with E-state index in [9.17, 15) is 0 Å². The van der Waals surface area contributed by atoms with Gasteiger partial charge in [0, 0.05) is 12.1 Å². The van der Waals surface area contributed by atoms with Crippen LogP contribution in [0.4, 0.5) is 0 Å². The summed E-state index contributed by atoms with van der Waals surface area (Å²) in [4.78, 5) is 0. The fourth-order valence-electron chi connectivity index (χ4n) is 2.50. The van der Waals surface area contributed by atoms with E-state index in [1.807, 2.05) is 0 Å². The zero-order valence-electron chi connectivity index (χ0n) is 10.7. The van der Waals surface area contributed by atoms with Gasteiger partial charge in [-0.05, 0) is 38.3 Å². The standard InChI is InChI=1S/C13H28N2/c1-4-7-13(8-6-9-15-13)11-14-10-12(3)5-2/h12,14-15H,4-11H2,1-3H3. The summed E-state index contributed by atoms with van der Waals surface area (Å²) < 4.78 is 0. The first-order valence-corrected chi connectivity index (χ1v) is 6.68. The van der Waals surface area contributed by atoms with Gasteiger partial charge in [0.15, 0.2) is 0 Å². The molecule has 1 fully saturated rings. The third-order valence-electron chi connectivity index (χ3n) is 3.71. The van der Waals surface area contributed by atoms with Gasteiger partial charge >= 0.3 is 0 Å². The SMILES string of the molecule is CCCC1(CNCC(C)CC)CCCN1. The molecule has 1 rings (SSSR count). The van der Waals surface area contributed by atoms with E-state index in [1.54, 1.807) is 0 Å². The van der Waals surface area contributed by atoms with Crippen LogP contribution in [0.3, 0.4) is 0 Å². The molecule has 90 valence electrons. The maximum Gasteiger partial charge on any atom is 0.0306 e. The third-order valence-corrected chi connectivity index (χ3v) is 3.71. The maximum absolute atomic E-state index is 3.70. The maximum atomic E-state index is 3.70. The molecule has 0 radical (unpaired) electrons. The van der Waals surface area contributed by atoms with Gasteiger partial charge in [0.05, 0.1) is 0 Å². The van der Waals surface area contributed by atoms with Crippen molar-refractivity contribution in [2.45, 2.75) is 58.4 Å². The molecule has 2 atom stereocenters. The molecule has 2 unspecified atom stereocenters. The van der Waals surface area contributed by atoms with Gasteiger partial charge in [-0.1, -0.05) is 33.6 Å². The summed E-state index contributed by atoms with van der Waals surface area (Å²) in [5.74, 6) is 0.810. The van der Waals surface area contributed by atoms with Gasteiger partial charge < -0.3 is 10.6 Å². The molecule has 0 aromatic rings. The van der Waals surface area contributed by atoms with E-state index in [0.717, 1.165) is 12.5 Å². The minimum Gasteiger partial charge on any atom is -0.315 e. The largest absolute Gasteiger partial charge is 0.315 e. The lowest BCUT2D eigenvalue weighted by Crippen LogP contribution is -2.49. The van der Waals surface area contributed by atoms with Crippen LogP contribution in [0, 0.1) is 5.92 Å². The first-order valence-electron chi connectivity index (χ1n) is 6.68. The molecule has 0 spiro atoms. The van der Waals surface area contributed by atoms with E-state index < -0.39 is 0 Å². The summed E-state index contributed by atoms with van der Waals surface area (Å²) >= 11 is 0. The van der Waals surface area contributed by atoms with Crippen LogP contribution in [0.5, 0.6) is 0 Å². The average Bonchev–Trinajstić information content (AvgIpc) is 2.67. The lowest BCUT2D eigenvalue weighted by atomic mass is 9.91. The van der Waals surface area contributed by atoms with Crippen molar-refractivity contribution >= 4 is 0 Å². The van der Waals surface area contributed by atoms with Crippen LogP contribution < -0.4 is 10.6 Å². The summed E-state index contributed by atoms with van der Waals surface area (Å²) in [5, 5.41) is 7.34. The van der Waals surface area contributed by atoms with Crippen LogP contribution in [0.15, 0.2) is 0 Å². The molecular formula is C13H28N2. The topological polar surface area (TPSA) is 24.1 Å². The minimum absolute atomic E-state index is 0.419. The Bertz CT molecular complexity index is 162. The summed E-state index contributed by atoms with van der Waals surface area (Å²) in [7, 11) is 0. The molecule has 1 saturated heterocycles. The average molecular weight is 212 g/mol. The van der Waals surface area contributed by atoms with Crippen LogP contribution in [-0.2, 0) is 0 Å². The van der Waals surface area contributed by atoms with Gasteiger partial charge in [0.1, 0.15) is 0 Å². The Labute approximate surface area is 95.2 Å². The van der Waals surface area contributed by atoms with Crippen molar-refractivity contribution in [2.75, 3.05) is 19.6 Å². The van der Waals surface area contributed by atoms with E-state index in [4.69, 9.17) is 0 Å². The highest BCUT2D eigenvalue weighted by Crippen LogP contribution is 2.23. The Morgan fingerprint density at radius 1 is 1.40 bits per heavy atom. The van der Waals surface area contributed by atoms with Crippen LogP contribution in [-0.4, -0.2) is 25.2 Å². The minimum atomic E-state index is 0.419. The van der Waals surface area contributed by atoms with Crippen molar-refractivity contribution in [3.63, 3.8) is 0 Å². The van der Waals surface area contributed by atoms with Crippen LogP contribution >= 0.6 is 0 Å². The molecule has 1 heterocycles. The molecule has 1 aliphatic heterocycles. The van der Waals surface area contributed by atoms with Gasteiger partial charge in [-0.15, -0.1) is 0 Å². The van der Waals surface area contributed by atoms with Crippen molar-refractivity contribution in [2.24, 2.45) is 5.92 Å². The van der Waals surface area contributed by atoms with Crippen molar-refractivity contribution in [1.29, 1.82) is 0 Å². The molecule has 2 N–H and O–H groups in total. The van der Waals surface area contributed by atoms with Crippen molar-refractivity contribution in [3.05, 3.63) is 0 Å². The van der Waals surface area contributed by atoms with Crippen LogP contribution in [0.25, 0.3) is 0 Å². The van der Waals surface area contributed by atoms with E-state index in [2.05, 4.69) is 31.4 Å². The van der Waals surface area contributed by atoms with Gasteiger partial charge in [-0.25, -0.2) is 0 Å². The molecule has 0 aliphatic carbocycles. The predicted molar refractivity (Wildman–Crippen MR) is 67.2 cm³/mol. The Morgan fingerprint density at radius 3 is 2.73 bits per heavy atom. The summed E-state index contributed by atoms with van der Waals surface area (Å²) in [5.41, 5.74) is 0.419. The lowest BCUT2D eigenvalue weighted by Gasteiger charge is -2.30. The Morgan fingerprint density at radius 2 is 2.20 bits per heavy atom. The van der Waals surface area contributed by atoms with E-state index in [1.165, 1.54) is 45.2 Å². The molecule has 2 nitrogen and oxygen atoms in total. The fraction of sp³-hybridized carbons (Fsp3) is 1.00. The van der Waals surface area contributed by atoms with Crippen molar-refractivity contribution in [3.8, 4) is 0 Å². The molecule has 2 heteroatoms. The molecule has 0 saturated carbocycles. The summed E-state index contributed by atoms with van der Waals surface area (Å²) in [6.45, 7) is 10.4. The number of hydrogen-bond donors (Lipinski definition) is 2. The number of rotatable bonds is 7. The molecule has 0 aromatic heterocycles. The van der Waals surface area contributed by atoms with Crippen LogP contribution in [0.1, 0.15) is 52.9 Å². The van der Waals surface area contributed by atoms with Gasteiger partial charge in [-0.2, -0.15) is 0 Å². The Hall–Kier alpha value is -0.0800. The molecule has 0 bridgehead atoms. The first kappa shape index (κ1) is 13.0. The molecule has 0 amide bonds. The fourth-order valence-corrected chi connectivity index (χ4v) is 2.50. The highest BCUT2D eigenvalue weighted by molar-refractivity contribution is 4.94. The quantitative estimate of drug-likeness (QED) is 0.678. The number of nitrogens with one attached hydrogen (secondary N) is 2. The highest BCUT2D eigenvalue weighted by Gasteiger charge is 2.31. The zero-order chi connectivity index (χ0) is 11.1. The van der Waals surface area contributed by atoms with Gasteiger partial charge in [0.25, 0.3) is 0 Å². The second kappa shape index (κ2) is 6.49. The Balaban J connectivity index is 2.26. The summed E-state index contributed by atoms with van der Waals surface area (Å²) in [6.07, 6.45) is 6.60. The van der Waals surface area contributed by atoms with Gasteiger partial charge in [0.2, 0.25) is 0 Å². The summed E-state index contributed by atoms with van der Waals surface area (Å²) in [6, 6.07) is 0. The van der Waals surface area contributed by atoms with Gasteiger partial charge in [-0.3, -0.25) is 0 Å². The smallest absolute Gasteiger partial charge is 0.0306 e. The molecule has 0 aromatic carbocycles. The first-order chi connectivity index (χ1) is 7.22. The zero-order valence-corrected chi connectivity index (χ0v) is 10.7. The molecular weight excluding hydrogens is 184 g/mol. The van der Waals surface area contributed by atoms with E-state index in [0.29, 0.717) is 5.54 Å². The monoisotopic (exact) mass is 212 g/mol. The van der Waals surface area contributed by atoms with Crippen molar-refractivity contribution in [1.82, 2.24) is 10.6 Å². The highest BCUT2D eigenvalue weighted by atomic mass is 15.1. The lowest BCUT2D eigenvalue weighted by molar-refractivity contribution is 0.316. The molecule has 15 heavy (non-hydrogen) atoms. The van der Waals surface area contributed by atoms with E-state index >= 15 is 0 Å². The second-order valence-electron chi connectivity index (χ2n) is 5.20. The van der Waals surface area contributed by atoms with Crippen molar-refractivity contribution < 1.29 is 0 Å². The normalized spacial score (nSPS) is 28.2. The Kier molecular flexibility index (Phi) is 5.62. The third kappa shape index (κ3) is 4.12. The second-order valence-corrected chi connectivity index (χ2v) is 5.20. The predicted octanol–water partition coefficient (Wildman–Crippen LogP) is 2.54. The number of hydrogen-bond acceptors (Lipinski definition) is 2. The molecule has 1 aliphatic rings.